The van der Waals surface area contributed by atoms with E-state index in [2.05, 4.69) is 0 Å². The largest absolute Gasteiger partial charge is 0.493 e. The molecule has 0 heterocycles. The number of aliphatic carboxylic acids is 1. The van der Waals surface area contributed by atoms with E-state index in [1.54, 1.807) is 13.0 Å². The molecule has 82 valence electrons. The molecule has 1 N–H and O–H groups in total. The SMILES string of the molecule is COc1cc(C)cc(F)c1OCC(=O)O. The molecule has 0 saturated carbocycles. The van der Waals surface area contributed by atoms with Crippen LogP contribution in [0.15, 0.2) is 12.1 Å². The summed E-state index contributed by atoms with van der Waals surface area (Å²) in [5.74, 6) is -1.79. The summed E-state index contributed by atoms with van der Waals surface area (Å²) in [7, 11) is 1.36. The van der Waals surface area contributed by atoms with E-state index in [-0.39, 0.29) is 11.5 Å². The quantitative estimate of drug-likeness (QED) is 0.827. The van der Waals surface area contributed by atoms with Crippen molar-refractivity contribution in [2.45, 2.75) is 6.92 Å². The highest BCUT2D eigenvalue weighted by Gasteiger charge is 2.13. The number of hydrogen-bond donors (Lipinski definition) is 1. The number of benzene rings is 1. The van der Waals surface area contributed by atoms with E-state index in [9.17, 15) is 9.18 Å². The maximum atomic E-state index is 13.4. The van der Waals surface area contributed by atoms with Crippen LogP contribution in [0.1, 0.15) is 5.56 Å². The molecule has 0 amide bonds. The van der Waals surface area contributed by atoms with Crippen LogP contribution in [0.4, 0.5) is 4.39 Å². The fraction of sp³-hybridized carbons (Fsp3) is 0.300. The molecule has 0 saturated heterocycles. The van der Waals surface area contributed by atoms with Crippen LogP contribution in [-0.2, 0) is 4.79 Å². The van der Waals surface area contributed by atoms with E-state index in [4.69, 9.17) is 14.6 Å². The van der Waals surface area contributed by atoms with Gasteiger partial charge in [-0.2, -0.15) is 0 Å². The Morgan fingerprint density at radius 2 is 2.20 bits per heavy atom. The van der Waals surface area contributed by atoms with Gasteiger partial charge in [0.15, 0.2) is 23.9 Å². The minimum Gasteiger partial charge on any atom is -0.493 e. The van der Waals surface area contributed by atoms with Gasteiger partial charge in [-0.1, -0.05) is 0 Å². The standard InChI is InChI=1S/C10H11FO4/c1-6-3-7(11)10(8(4-6)14-2)15-5-9(12)13/h3-4H,5H2,1-2H3,(H,12,13). The Kier molecular flexibility index (Phi) is 3.49. The van der Waals surface area contributed by atoms with E-state index in [0.29, 0.717) is 5.56 Å². The Morgan fingerprint density at radius 3 is 2.73 bits per heavy atom. The van der Waals surface area contributed by atoms with Crippen LogP contribution in [-0.4, -0.2) is 24.8 Å². The molecule has 0 bridgehead atoms. The van der Waals surface area contributed by atoms with Crippen molar-refractivity contribution < 1.29 is 23.8 Å². The van der Waals surface area contributed by atoms with Gasteiger partial charge in [-0.25, -0.2) is 9.18 Å². The number of rotatable bonds is 4. The first-order valence-corrected chi connectivity index (χ1v) is 4.23. The van der Waals surface area contributed by atoms with E-state index < -0.39 is 18.4 Å². The number of carboxylic acid groups (broad SMARTS) is 1. The molecule has 5 heteroatoms. The lowest BCUT2D eigenvalue weighted by Gasteiger charge is -2.10. The molecule has 0 aliphatic heterocycles. The summed E-state index contributed by atoms with van der Waals surface area (Å²) in [6.07, 6.45) is 0. The Labute approximate surface area is 86.2 Å². The Morgan fingerprint density at radius 1 is 1.53 bits per heavy atom. The molecule has 0 aliphatic carbocycles. The fourth-order valence-electron chi connectivity index (χ4n) is 1.12. The second kappa shape index (κ2) is 4.63. The summed E-state index contributed by atoms with van der Waals surface area (Å²) in [6.45, 7) is 1.10. The summed E-state index contributed by atoms with van der Waals surface area (Å²) in [5, 5.41) is 8.40. The summed E-state index contributed by atoms with van der Waals surface area (Å²) < 4.78 is 23.0. The molecule has 0 fully saturated rings. The van der Waals surface area contributed by atoms with Gasteiger partial charge in [-0.05, 0) is 24.6 Å². The van der Waals surface area contributed by atoms with Crippen molar-refractivity contribution in [1.29, 1.82) is 0 Å². The number of methoxy groups -OCH3 is 1. The maximum Gasteiger partial charge on any atom is 0.341 e. The second-order valence-corrected chi connectivity index (χ2v) is 2.96. The normalized spacial score (nSPS) is 9.80. The maximum absolute atomic E-state index is 13.4. The van der Waals surface area contributed by atoms with Gasteiger partial charge in [-0.15, -0.1) is 0 Å². The van der Waals surface area contributed by atoms with Gasteiger partial charge in [-0.3, -0.25) is 0 Å². The molecule has 0 spiro atoms. The zero-order chi connectivity index (χ0) is 11.4. The number of hydrogen-bond acceptors (Lipinski definition) is 3. The van der Waals surface area contributed by atoms with Crippen molar-refractivity contribution >= 4 is 5.97 Å². The molecular formula is C10H11FO4. The van der Waals surface area contributed by atoms with Gasteiger partial charge < -0.3 is 14.6 Å². The van der Waals surface area contributed by atoms with E-state index in [1.165, 1.54) is 13.2 Å². The number of carbonyl (C=O) groups is 1. The highest BCUT2D eigenvalue weighted by molar-refractivity contribution is 5.68. The Balaban J connectivity index is 2.98. The first kappa shape index (κ1) is 11.3. The molecule has 0 aliphatic rings. The molecule has 4 nitrogen and oxygen atoms in total. The predicted molar refractivity (Wildman–Crippen MR) is 50.8 cm³/mol. The van der Waals surface area contributed by atoms with Crippen LogP contribution in [0.25, 0.3) is 0 Å². The molecule has 0 atom stereocenters. The molecule has 1 aromatic rings. The zero-order valence-corrected chi connectivity index (χ0v) is 8.41. The van der Waals surface area contributed by atoms with Crippen molar-refractivity contribution in [3.8, 4) is 11.5 Å². The average molecular weight is 214 g/mol. The van der Waals surface area contributed by atoms with Crippen LogP contribution in [0.3, 0.4) is 0 Å². The summed E-state index contributed by atoms with van der Waals surface area (Å²) >= 11 is 0. The van der Waals surface area contributed by atoms with Crippen LogP contribution < -0.4 is 9.47 Å². The van der Waals surface area contributed by atoms with Crippen molar-refractivity contribution in [3.05, 3.63) is 23.5 Å². The molecule has 1 aromatic carbocycles. The highest BCUT2D eigenvalue weighted by Crippen LogP contribution is 2.31. The monoisotopic (exact) mass is 214 g/mol. The summed E-state index contributed by atoms with van der Waals surface area (Å²) in [5.41, 5.74) is 0.673. The average Bonchev–Trinajstić information content (AvgIpc) is 2.14. The molecule has 0 unspecified atom stereocenters. The van der Waals surface area contributed by atoms with Crippen molar-refractivity contribution in [1.82, 2.24) is 0 Å². The summed E-state index contributed by atoms with van der Waals surface area (Å²) in [4.78, 5) is 10.3. The fourth-order valence-corrected chi connectivity index (χ4v) is 1.12. The Hall–Kier alpha value is -1.78. The molecule has 0 radical (unpaired) electrons. The minimum absolute atomic E-state index is 0.175. The van der Waals surface area contributed by atoms with Gasteiger partial charge in [0.1, 0.15) is 0 Å². The van der Waals surface area contributed by atoms with Crippen molar-refractivity contribution in [2.24, 2.45) is 0 Å². The van der Waals surface area contributed by atoms with E-state index in [0.717, 1.165) is 0 Å². The van der Waals surface area contributed by atoms with Gasteiger partial charge in [0.2, 0.25) is 0 Å². The third kappa shape index (κ3) is 2.83. The third-order valence-electron chi connectivity index (χ3n) is 1.71. The topological polar surface area (TPSA) is 55.8 Å². The third-order valence-corrected chi connectivity index (χ3v) is 1.71. The summed E-state index contributed by atoms with van der Waals surface area (Å²) in [6, 6.07) is 2.82. The first-order valence-electron chi connectivity index (χ1n) is 4.23. The van der Waals surface area contributed by atoms with Crippen LogP contribution in [0.2, 0.25) is 0 Å². The lowest BCUT2D eigenvalue weighted by Crippen LogP contribution is -2.11. The van der Waals surface area contributed by atoms with E-state index in [1.807, 2.05) is 0 Å². The molecule has 0 aromatic heterocycles. The highest BCUT2D eigenvalue weighted by atomic mass is 19.1. The molecule has 1 rings (SSSR count). The predicted octanol–water partition coefficient (Wildman–Crippen LogP) is 1.61. The number of ether oxygens (including phenoxy) is 2. The van der Waals surface area contributed by atoms with Gasteiger partial charge in [0.05, 0.1) is 7.11 Å². The molecule has 15 heavy (non-hydrogen) atoms. The molecular weight excluding hydrogens is 203 g/mol. The van der Waals surface area contributed by atoms with E-state index >= 15 is 0 Å². The van der Waals surface area contributed by atoms with Gasteiger partial charge in [0, 0.05) is 0 Å². The zero-order valence-electron chi connectivity index (χ0n) is 8.41. The second-order valence-electron chi connectivity index (χ2n) is 2.96. The minimum atomic E-state index is -1.17. The number of halogens is 1. The number of aryl methyl sites for hydroxylation is 1. The van der Waals surface area contributed by atoms with Gasteiger partial charge >= 0.3 is 5.97 Å². The van der Waals surface area contributed by atoms with Crippen LogP contribution in [0.5, 0.6) is 11.5 Å². The smallest absolute Gasteiger partial charge is 0.341 e. The van der Waals surface area contributed by atoms with Crippen LogP contribution >= 0.6 is 0 Å². The number of carboxylic acids is 1. The Bertz CT molecular complexity index is 376. The first-order chi connectivity index (χ1) is 7.04. The van der Waals surface area contributed by atoms with Crippen LogP contribution in [0, 0.1) is 12.7 Å². The lowest BCUT2D eigenvalue weighted by molar-refractivity contribution is -0.139. The van der Waals surface area contributed by atoms with Crippen molar-refractivity contribution in [2.75, 3.05) is 13.7 Å². The lowest BCUT2D eigenvalue weighted by atomic mass is 10.2. The van der Waals surface area contributed by atoms with Crippen molar-refractivity contribution in [3.63, 3.8) is 0 Å². The van der Waals surface area contributed by atoms with Gasteiger partial charge in [0.25, 0.3) is 0 Å².